The summed E-state index contributed by atoms with van der Waals surface area (Å²) in [6.45, 7) is 4.87. The second-order valence-electron chi connectivity index (χ2n) is 3.72. The number of nitrogens with zero attached hydrogens (tertiary/aromatic N) is 4. The fraction of sp³-hybridized carbons (Fsp3) is 0.600. The molecule has 1 fully saturated rings. The van der Waals surface area contributed by atoms with E-state index in [4.69, 9.17) is 23.2 Å². The van der Waals surface area contributed by atoms with Crippen LogP contribution in [0.15, 0.2) is 12.4 Å². The van der Waals surface area contributed by atoms with Crippen molar-refractivity contribution in [3.05, 3.63) is 17.4 Å². The fourth-order valence-corrected chi connectivity index (χ4v) is 2.10. The summed E-state index contributed by atoms with van der Waals surface area (Å²) in [4.78, 5) is 12.9. The normalized spacial score (nSPS) is 17.8. The van der Waals surface area contributed by atoms with Crippen LogP contribution in [0.3, 0.4) is 0 Å². The highest BCUT2D eigenvalue weighted by atomic mass is 35.5. The van der Waals surface area contributed by atoms with Crippen molar-refractivity contribution in [2.75, 3.05) is 43.5 Å². The van der Waals surface area contributed by atoms with E-state index in [0.717, 1.165) is 38.7 Å². The molecular formula is C10H14Cl2N4. The van der Waals surface area contributed by atoms with Gasteiger partial charge in [0, 0.05) is 38.6 Å². The van der Waals surface area contributed by atoms with E-state index in [0.29, 0.717) is 10.9 Å². The minimum atomic E-state index is 0.574. The molecule has 88 valence electrons. The Morgan fingerprint density at radius 2 is 1.75 bits per heavy atom. The maximum Gasteiger partial charge on any atom is 0.225 e. The van der Waals surface area contributed by atoms with Gasteiger partial charge in [0.1, 0.15) is 0 Å². The number of alkyl halides is 1. The molecule has 16 heavy (non-hydrogen) atoms. The number of piperazine rings is 1. The summed E-state index contributed by atoms with van der Waals surface area (Å²) >= 11 is 11.5. The highest BCUT2D eigenvalue weighted by molar-refractivity contribution is 6.30. The lowest BCUT2D eigenvalue weighted by atomic mass is 10.3. The zero-order valence-electron chi connectivity index (χ0n) is 8.94. The van der Waals surface area contributed by atoms with Gasteiger partial charge in [0.25, 0.3) is 0 Å². The smallest absolute Gasteiger partial charge is 0.225 e. The lowest BCUT2D eigenvalue weighted by molar-refractivity contribution is 0.271. The molecule has 0 spiro atoms. The Balaban J connectivity index is 1.91. The molecule has 1 saturated heterocycles. The van der Waals surface area contributed by atoms with E-state index in [1.165, 1.54) is 0 Å². The molecule has 6 heteroatoms. The highest BCUT2D eigenvalue weighted by Crippen LogP contribution is 2.12. The third-order valence-corrected chi connectivity index (χ3v) is 3.03. The van der Waals surface area contributed by atoms with Crippen LogP contribution in [0.4, 0.5) is 5.95 Å². The molecule has 0 bridgehead atoms. The predicted molar refractivity (Wildman–Crippen MR) is 66.4 cm³/mol. The van der Waals surface area contributed by atoms with Crippen LogP contribution in [0.25, 0.3) is 0 Å². The average molecular weight is 261 g/mol. The van der Waals surface area contributed by atoms with Gasteiger partial charge in [-0.1, -0.05) is 11.6 Å². The van der Waals surface area contributed by atoms with E-state index in [1.54, 1.807) is 12.4 Å². The molecule has 1 aliphatic heterocycles. The van der Waals surface area contributed by atoms with Gasteiger partial charge >= 0.3 is 0 Å². The van der Waals surface area contributed by atoms with E-state index in [2.05, 4.69) is 19.8 Å². The topological polar surface area (TPSA) is 32.3 Å². The SMILES string of the molecule is ClCCN1CCN(c2ncc(Cl)cn2)CC1. The first-order valence-corrected chi connectivity index (χ1v) is 6.21. The zero-order valence-corrected chi connectivity index (χ0v) is 10.5. The van der Waals surface area contributed by atoms with Gasteiger partial charge in [0.15, 0.2) is 0 Å². The summed E-state index contributed by atoms with van der Waals surface area (Å²) in [5, 5.41) is 0.574. The van der Waals surface area contributed by atoms with Gasteiger partial charge in [-0.05, 0) is 0 Å². The van der Waals surface area contributed by atoms with Crippen LogP contribution >= 0.6 is 23.2 Å². The van der Waals surface area contributed by atoms with E-state index in [1.807, 2.05) is 0 Å². The van der Waals surface area contributed by atoms with Crippen molar-refractivity contribution < 1.29 is 0 Å². The zero-order chi connectivity index (χ0) is 11.4. The van der Waals surface area contributed by atoms with Gasteiger partial charge in [-0.3, -0.25) is 4.90 Å². The molecule has 0 unspecified atom stereocenters. The van der Waals surface area contributed by atoms with Crippen molar-refractivity contribution in [2.45, 2.75) is 0 Å². The third-order valence-electron chi connectivity index (χ3n) is 2.66. The Morgan fingerprint density at radius 1 is 1.12 bits per heavy atom. The summed E-state index contributed by atoms with van der Waals surface area (Å²) in [6, 6.07) is 0. The van der Waals surface area contributed by atoms with Crippen molar-refractivity contribution in [3.8, 4) is 0 Å². The largest absolute Gasteiger partial charge is 0.338 e. The van der Waals surface area contributed by atoms with Crippen LogP contribution in [0.2, 0.25) is 5.02 Å². The summed E-state index contributed by atoms with van der Waals surface area (Å²) in [5.74, 6) is 1.45. The summed E-state index contributed by atoms with van der Waals surface area (Å²) < 4.78 is 0. The molecule has 0 N–H and O–H groups in total. The first kappa shape index (κ1) is 11.9. The number of aromatic nitrogens is 2. The average Bonchev–Trinajstić information content (AvgIpc) is 2.32. The second-order valence-corrected chi connectivity index (χ2v) is 4.53. The molecule has 0 radical (unpaired) electrons. The maximum atomic E-state index is 5.75. The number of hydrogen-bond donors (Lipinski definition) is 0. The number of hydrogen-bond acceptors (Lipinski definition) is 4. The molecule has 2 rings (SSSR count). The van der Waals surface area contributed by atoms with Crippen molar-refractivity contribution in [1.29, 1.82) is 0 Å². The molecule has 0 amide bonds. The van der Waals surface area contributed by atoms with Crippen molar-refractivity contribution >= 4 is 29.2 Å². The van der Waals surface area contributed by atoms with Gasteiger partial charge in [-0.15, -0.1) is 11.6 Å². The fourth-order valence-electron chi connectivity index (χ4n) is 1.76. The Kier molecular flexibility index (Phi) is 4.21. The molecule has 0 saturated carbocycles. The molecule has 4 nitrogen and oxygen atoms in total. The first-order chi connectivity index (χ1) is 7.79. The maximum absolute atomic E-state index is 5.75. The summed E-state index contributed by atoms with van der Waals surface area (Å²) in [7, 11) is 0. The third kappa shape index (κ3) is 2.97. The molecule has 1 aromatic heterocycles. The van der Waals surface area contributed by atoms with Gasteiger partial charge in [0.2, 0.25) is 5.95 Å². The molecule has 0 atom stereocenters. The molecule has 2 heterocycles. The lowest BCUT2D eigenvalue weighted by Gasteiger charge is -2.34. The highest BCUT2D eigenvalue weighted by Gasteiger charge is 2.17. The summed E-state index contributed by atoms with van der Waals surface area (Å²) in [5.41, 5.74) is 0. The Bertz CT molecular complexity index is 322. The minimum Gasteiger partial charge on any atom is -0.338 e. The van der Waals surface area contributed by atoms with Gasteiger partial charge < -0.3 is 4.90 Å². The van der Waals surface area contributed by atoms with E-state index >= 15 is 0 Å². The first-order valence-electron chi connectivity index (χ1n) is 5.30. The predicted octanol–water partition coefficient (Wildman–Crippen LogP) is 1.49. The van der Waals surface area contributed by atoms with Crippen molar-refractivity contribution in [2.24, 2.45) is 0 Å². The molecule has 1 aliphatic rings. The standard InChI is InChI=1S/C10H14Cl2N4/c11-1-2-15-3-5-16(6-4-15)10-13-7-9(12)8-14-10/h7-8H,1-6H2. The van der Waals surface area contributed by atoms with Crippen molar-refractivity contribution in [1.82, 2.24) is 14.9 Å². The quantitative estimate of drug-likeness (QED) is 0.772. The Morgan fingerprint density at radius 3 is 2.31 bits per heavy atom. The second kappa shape index (κ2) is 5.66. The molecular weight excluding hydrogens is 247 g/mol. The van der Waals surface area contributed by atoms with E-state index in [-0.39, 0.29) is 0 Å². The molecule has 0 aromatic carbocycles. The van der Waals surface area contributed by atoms with Crippen LogP contribution in [0.5, 0.6) is 0 Å². The van der Waals surface area contributed by atoms with Crippen LogP contribution in [0, 0.1) is 0 Å². The van der Waals surface area contributed by atoms with Crippen LogP contribution in [-0.4, -0.2) is 53.5 Å². The minimum absolute atomic E-state index is 0.574. The molecule has 0 aliphatic carbocycles. The van der Waals surface area contributed by atoms with Crippen molar-refractivity contribution in [3.63, 3.8) is 0 Å². The number of rotatable bonds is 3. The van der Waals surface area contributed by atoms with Gasteiger partial charge in [-0.25, -0.2) is 9.97 Å². The van der Waals surface area contributed by atoms with Crippen LogP contribution in [-0.2, 0) is 0 Å². The van der Waals surface area contributed by atoms with E-state index in [9.17, 15) is 0 Å². The lowest BCUT2D eigenvalue weighted by Crippen LogP contribution is -2.47. The Hall–Kier alpha value is -0.580. The number of halogens is 2. The summed E-state index contributed by atoms with van der Waals surface area (Å²) in [6.07, 6.45) is 3.27. The molecule has 1 aromatic rings. The monoisotopic (exact) mass is 260 g/mol. The Labute approximate surface area is 105 Å². The van der Waals surface area contributed by atoms with Gasteiger partial charge in [-0.2, -0.15) is 0 Å². The van der Waals surface area contributed by atoms with Crippen LogP contribution < -0.4 is 4.90 Å². The van der Waals surface area contributed by atoms with Gasteiger partial charge in [0.05, 0.1) is 17.4 Å². The van der Waals surface area contributed by atoms with Crippen LogP contribution in [0.1, 0.15) is 0 Å². The van der Waals surface area contributed by atoms with E-state index < -0.39 is 0 Å². The number of anilines is 1.